The molecule has 0 bridgehead atoms. The zero-order chi connectivity index (χ0) is 40.5. The largest absolute Gasteiger partial charge is 0.449 e. The SMILES string of the molecule is Cc1cc(=O)[nH]c2cc(NC(=O)C(CCCCNC(=O)OC(C)(C)C)NC(=O)C(Cc3ccncc3)NC(=O)OCC3c4ccccc4-c4ccccc43)ccc12. The molecule has 0 saturated heterocycles. The van der Waals surface area contributed by atoms with E-state index in [4.69, 9.17) is 9.47 Å². The first-order valence-electron chi connectivity index (χ1n) is 19.1. The molecule has 3 aromatic carbocycles. The molecule has 57 heavy (non-hydrogen) atoms. The maximum absolute atomic E-state index is 14.1. The normalized spacial score (nSPS) is 13.1. The first kappa shape index (κ1) is 40.2. The molecule has 6 rings (SSSR count). The van der Waals surface area contributed by atoms with Crippen molar-refractivity contribution in [2.45, 2.75) is 77.0 Å². The lowest BCUT2D eigenvalue weighted by molar-refractivity contribution is -0.128. The van der Waals surface area contributed by atoms with Crippen LogP contribution in [0.1, 0.15) is 68.2 Å². The highest BCUT2D eigenvalue weighted by Crippen LogP contribution is 2.44. The van der Waals surface area contributed by atoms with Crippen LogP contribution in [-0.4, -0.2) is 64.8 Å². The van der Waals surface area contributed by atoms with Crippen molar-refractivity contribution in [1.82, 2.24) is 25.9 Å². The number of aromatic nitrogens is 2. The van der Waals surface area contributed by atoms with Crippen LogP contribution in [-0.2, 0) is 25.5 Å². The highest BCUT2D eigenvalue weighted by molar-refractivity contribution is 5.99. The molecule has 0 fully saturated rings. The molecule has 13 nitrogen and oxygen atoms in total. The number of fused-ring (bicyclic) bond motifs is 4. The van der Waals surface area contributed by atoms with Crippen LogP contribution >= 0.6 is 0 Å². The van der Waals surface area contributed by atoms with Crippen LogP contribution in [0, 0.1) is 6.92 Å². The number of anilines is 1. The van der Waals surface area contributed by atoms with Gasteiger partial charge >= 0.3 is 12.2 Å². The van der Waals surface area contributed by atoms with Gasteiger partial charge in [-0.2, -0.15) is 0 Å². The third kappa shape index (κ3) is 10.6. The maximum atomic E-state index is 14.1. The van der Waals surface area contributed by atoms with Gasteiger partial charge in [-0.25, -0.2) is 9.59 Å². The number of aryl methyl sites for hydroxylation is 1. The molecule has 5 N–H and O–H groups in total. The number of ether oxygens (including phenoxy) is 2. The van der Waals surface area contributed by atoms with E-state index in [1.165, 1.54) is 6.07 Å². The Kier molecular flexibility index (Phi) is 12.7. The van der Waals surface area contributed by atoms with Crippen molar-refractivity contribution in [2.24, 2.45) is 0 Å². The van der Waals surface area contributed by atoms with E-state index in [-0.39, 0.29) is 30.9 Å². The molecule has 2 aromatic heterocycles. The van der Waals surface area contributed by atoms with Crippen molar-refractivity contribution in [3.05, 3.63) is 130 Å². The second-order valence-electron chi connectivity index (χ2n) is 15.1. The lowest BCUT2D eigenvalue weighted by atomic mass is 9.98. The molecule has 0 radical (unpaired) electrons. The summed E-state index contributed by atoms with van der Waals surface area (Å²) in [5.41, 5.74) is 5.88. The van der Waals surface area contributed by atoms with E-state index >= 15 is 0 Å². The van der Waals surface area contributed by atoms with Gasteiger partial charge in [0.15, 0.2) is 0 Å². The molecular weight excluding hydrogens is 725 g/mol. The Balaban J connectivity index is 1.16. The number of hydrogen-bond donors (Lipinski definition) is 5. The number of benzene rings is 3. The van der Waals surface area contributed by atoms with Crippen molar-refractivity contribution in [1.29, 1.82) is 0 Å². The van der Waals surface area contributed by atoms with E-state index in [9.17, 15) is 24.0 Å². The van der Waals surface area contributed by atoms with Crippen LogP contribution in [0.3, 0.4) is 0 Å². The molecule has 4 amide bonds. The zero-order valence-corrected chi connectivity index (χ0v) is 32.5. The van der Waals surface area contributed by atoms with E-state index < -0.39 is 41.7 Å². The van der Waals surface area contributed by atoms with E-state index in [0.717, 1.165) is 38.8 Å². The van der Waals surface area contributed by atoms with Gasteiger partial charge in [0.05, 0.1) is 5.52 Å². The average molecular weight is 773 g/mol. The number of nitrogens with zero attached hydrogens (tertiary/aromatic N) is 1. The lowest BCUT2D eigenvalue weighted by Gasteiger charge is -2.24. The number of carbonyl (C=O) groups is 4. The Bertz CT molecular complexity index is 2260. The van der Waals surface area contributed by atoms with E-state index in [1.54, 1.807) is 63.5 Å². The number of H-pyrrole nitrogens is 1. The number of rotatable bonds is 14. The summed E-state index contributed by atoms with van der Waals surface area (Å²) in [7, 11) is 0. The molecule has 1 aliphatic carbocycles. The first-order chi connectivity index (χ1) is 27.3. The summed E-state index contributed by atoms with van der Waals surface area (Å²) in [6.45, 7) is 7.51. The van der Waals surface area contributed by atoms with E-state index in [1.807, 2.05) is 43.3 Å². The predicted molar refractivity (Wildman–Crippen MR) is 218 cm³/mol. The molecule has 2 unspecified atom stereocenters. The number of pyridine rings is 2. The minimum absolute atomic E-state index is 0.0579. The standard InChI is InChI=1S/C44H48N6O7/c1-27-23-39(51)48-37-25-29(16-17-30(27)37)47-40(52)36(15-9-10-20-46-42(54)57-44(2,3)4)49-41(53)38(24-28-18-21-45-22-19-28)50-43(55)56-26-35-33-13-7-5-11-31(33)32-12-6-8-14-34(32)35/h5-8,11-14,16-19,21-23,25,35-36,38H,9-10,15,20,24,26H2,1-4H3,(H,46,54)(H,47,52)(H,48,51)(H,49,53)(H,50,55). The van der Waals surface area contributed by atoms with Gasteiger partial charge in [-0.3, -0.25) is 19.4 Å². The fourth-order valence-electron chi connectivity index (χ4n) is 7.01. The minimum Gasteiger partial charge on any atom is -0.449 e. The van der Waals surface area contributed by atoms with Crippen molar-refractivity contribution in [3.8, 4) is 11.1 Å². The summed E-state index contributed by atoms with van der Waals surface area (Å²) in [5, 5.41) is 12.0. The van der Waals surface area contributed by atoms with Gasteiger partial charge in [-0.15, -0.1) is 0 Å². The lowest BCUT2D eigenvalue weighted by Crippen LogP contribution is -2.53. The van der Waals surface area contributed by atoms with E-state index in [0.29, 0.717) is 30.6 Å². The molecule has 1 aliphatic rings. The number of carbonyl (C=O) groups excluding carboxylic acids is 4. The minimum atomic E-state index is -1.11. The van der Waals surface area contributed by atoms with Crippen LogP contribution in [0.15, 0.2) is 102 Å². The number of nitrogens with one attached hydrogen (secondary N) is 5. The fraction of sp³-hybridized carbons (Fsp3) is 0.318. The van der Waals surface area contributed by atoms with Gasteiger partial charge < -0.3 is 35.7 Å². The third-order valence-corrected chi connectivity index (χ3v) is 9.68. The van der Waals surface area contributed by atoms with Gasteiger partial charge in [0.25, 0.3) is 0 Å². The molecule has 296 valence electrons. The Labute approximate surface area is 331 Å². The van der Waals surface area contributed by atoms with Crippen molar-refractivity contribution >= 4 is 40.6 Å². The van der Waals surface area contributed by atoms with Crippen LogP contribution in [0.25, 0.3) is 22.0 Å². The number of alkyl carbamates (subject to hydrolysis) is 2. The second-order valence-corrected chi connectivity index (χ2v) is 15.1. The summed E-state index contributed by atoms with van der Waals surface area (Å²) in [4.78, 5) is 72.6. The maximum Gasteiger partial charge on any atom is 0.407 e. The Hall–Kier alpha value is -6.50. The predicted octanol–water partition coefficient (Wildman–Crippen LogP) is 6.50. The summed E-state index contributed by atoms with van der Waals surface area (Å²) in [5.74, 6) is -1.27. The molecule has 0 saturated carbocycles. The molecule has 2 heterocycles. The zero-order valence-electron chi connectivity index (χ0n) is 32.5. The van der Waals surface area contributed by atoms with Crippen LogP contribution in [0.5, 0.6) is 0 Å². The highest BCUT2D eigenvalue weighted by Gasteiger charge is 2.31. The molecule has 0 aliphatic heterocycles. The van der Waals surface area contributed by atoms with Gasteiger partial charge in [-0.1, -0.05) is 54.6 Å². The summed E-state index contributed by atoms with van der Waals surface area (Å²) < 4.78 is 11.1. The summed E-state index contributed by atoms with van der Waals surface area (Å²) >= 11 is 0. The van der Waals surface area contributed by atoms with Crippen molar-refractivity contribution in [2.75, 3.05) is 18.5 Å². The van der Waals surface area contributed by atoms with Crippen molar-refractivity contribution in [3.63, 3.8) is 0 Å². The number of unbranched alkanes of at least 4 members (excludes halogenated alkanes) is 1. The van der Waals surface area contributed by atoms with Crippen LogP contribution < -0.4 is 26.8 Å². The second kappa shape index (κ2) is 18.0. The molecular formula is C44H48N6O7. The summed E-state index contributed by atoms with van der Waals surface area (Å²) in [6, 6.07) is 24.1. The van der Waals surface area contributed by atoms with Gasteiger partial charge in [0, 0.05) is 48.4 Å². The number of aromatic amines is 1. The van der Waals surface area contributed by atoms with Gasteiger partial charge in [0.1, 0.15) is 24.3 Å². The number of amides is 4. The quantitative estimate of drug-likeness (QED) is 0.0794. The number of hydrogen-bond acceptors (Lipinski definition) is 8. The molecule has 0 spiro atoms. The Morgan fingerprint density at radius 2 is 1.49 bits per heavy atom. The topological polar surface area (TPSA) is 181 Å². The van der Waals surface area contributed by atoms with Crippen LogP contribution in [0.2, 0.25) is 0 Å². The van der Waals surface area contributed by atoms with Gasteiger partial charge in [-0.05, 0) is 105 Å². The smallest absolute Gasteiger partial charge is 0.407 e. The Morgan fingerprint density at radius 3 is 2.18 bits per heavy atom. The monoisotopic (exact) mass is 772 g/mol. The van der Waals surface area contributed by atoms with Crippen molar-refractivity contribution < 1.29 is 28.7 Å². The van der Waals surface area contributed by atoms with Crippen LogP contribution in [0.4, 0.5) is 15.3 Å². The first-order valence-corrected chi connectivity index (χ1v) is 19.1. The molecule has 2 atom stereocenters. The average Bonchev–Trinajstić information content (AvgIpc) is 3.49. The molecule has 13 heteroatoms. The fourth-order valence-corrected chi connectivity index (χ4v) is 7.01. The Morgan fingerprint density at radius 1 is 0.807 bits per heavy atom. The highest BCUT2D eigenvalue weighted by atomic mass is 16.6. The molecule has 5 aromatic rings. The third-order valence-electron chi connectivity index (χ3n) is 9.68. The van der Waals surface area contributed by atoms with Gasteiger partial charge in [0.2, 0.25) is 17.4 Å². The summed E-state index contributed by atoms with van der Waals surface area (Å²) in [6.07, 6.45) is 3.12. The van der Waals surface area contributed by atoms with E-state index in [2.05, 4.69) is 43.4 Å².